The molecule has 1 amide bonds. The molecule has 0 fully saturated rings. The van der Waals surface area contributed by atoms with Gasteiger partial charge in [0.2, 0.25) is 0 Å². The molecule has 0 aliphatic heterocycles. The van der Waals surface area contributed by atoms with Gasteiger partial charge >= 0.3 is 0 Å². The second-order valence-corrected chi connectivity index (χ2v) is 6.75. The highest BCUT2D eigenvalue weighted by atomic mass is 16.1. The molecule has 0 radical (unpaired) electrons. The van der Waals surface area contributed by atoms with Crippen LogP contribution in [-0.2, 0) is 0 Å². The predicted molar refractivity (Wildman–Crippen MR) is 107 cm³/mol. The monoisotopic (exact) mass is 350 g/mol. The lowest BCUT2D eigenvalue weighted by Crippen LogP contribution is -2.37. The summed E-state index contributed by atoms with van der Waals surface area (Å²) in [5, 5.41) is 3.90. The number of nitrogens with two attached hydrogens (primary N) is 2. The molecule has 26 heavy (non-hydrogen) atoms. The van der Waals surface area contributed by atoms with E-state index < -0.39 is 0 Å². The minimum Gasteiger partial charge on any atom is -0.351 e. The maximum Gasteiger partial charge on any atom is 0.267 e. The topological polar surface area (TPSA) is 96.9 Å². The average molecular weight is 350 g/mol. The van der Waals surface area contributed by atoms with E-state index >= 15 is 0 Å². The van der Waals surface area contributed by atoms with Crippen molar-refractivity contribution in [2.24, 2.45) is 11.5 Å². The number of aryl methyl sites for hydroxylation is 1. The number of amides is 1. The number of carbonyl (C=O) groups excluding carboxylic acids is 1. The molecule has 0 spiro atoms. The van der Waals surface area contributed by atoms with E-state index in [0.717, 1.165) is 34.9 Å². The van der Waals surface area contributed by atoms with E-state index in [1.165, 1.54) is 5.56 Å². The van der Waals surface area contributed by atoms with Crippen LogP contribution in [0.15, 0.2) is 48.5 Å². The predicted octanol–water partition coefficient (Wildman–Crippen LogP) is 2.94. The molecule has 0 saturated carbocycles. The van der Waals surface area contributed by atoms with Gasteiger partial charge < -0.3 is 21.8 Å². The van der Waals surface area contributed by atoms with Gasteiger partial charge in [-0.3, -0.25) is 4.79 Å². The molecule has 136 valence electrons. The van der Waals surface area contributed by atoms with Crippen molar-refractivity contribution in [2.45, 2.75) is 25.8 Å². The van der Waals surface area contributed by atoms with E-state index in [-0.39, 0.29) is 11.9 Å². The first kappa shape index (κ1) is 18.2. The van der Waals surface area contributed by atoms with Gasteiger partial charge in [-0.15, -0.1) is 0 Å². The maximum atomic E-state index is 12.4. The molecule has 0 aliphatic rings. The van der Waals surface area contributed by atoms with Crippen molar-refractivity contribution >= 4 is 16.8 Å². The van der Waals surface area contributed by atoms with Gasteiger partial charge in [0.15, 0.2) is 0 Å². The summed E-state index contributed by atoms with van der Waals surface area (Å²) in [7, 11) is 0. The number of hydrogen-bond donors (Lipinski definition) is 4. The number of aromatic nitrogens is 1. The van der Waals surface area contributed by atoms with E-state index in [1.54, 1.807) is 0 Å². The van der Waals surface area contributed by atoms with Gasteiger partial charge in [-0.2, -0.15) is 0 Å². The molecule has 0 saturated heterocycles. The lowest BCUT2D eigenvalue weighted by atomic mass is 10.0. The van der Waals surface area contributed by atoms with Crippen molar-refractivity contribution in [3.05, 3.63) is 59.8 Å². The minimum absolute atomic E-state index is 0.0694. The summed E-state index contributed by atoms with van der Waals surface area (Å²) in [6.07, 6.45) is 1.68. The highest BCUT2D eigenvalue weighted by Crippen LogP contribution is 2.25. The zero-order valence-electron chi connectivity index (χ0n) is 15.1. The molecule has 1 heterocycles. The fourth-order valence-electron chi connectivity index (χ4n) is 2.98. The second kappa shape index (κ2) is 8.17. The SMILES string of the molecule is Cc1ccc(-c2ccc3cc(C(=O)NC[C@H](N)CCCN)[nH]c3c2)cc1. The van der Waals surface area contributed by atoms with E-state index in [9.17, 15) is 4.79 Å². The van der Waals surface area contributed by atoms with E-state index in [2.05, 4.69) is 53.6 Å². The Morgan fingerprint density at radius 3 is 2.58 bits per heavy atom. The summed E-state index contributed by atoms with van der Waals surface area (Å²) in [4.78, 5) is 15.6. The molecule has 0 aliphatic carbocycles. The van der Waals surface area contributed by atoms with Crippen LogP contribution in [0.3, 0.4) is 0 Å². The summed E-state index contributed by atoms with van der Waals surface area (Å²) >= 11 is 0. The van der Waals surface area contributed by atoms with Crippen LogP contribution in [0.1, 0.15) is 28.9 Å². The van der Waals surface area contributed by atoms with Crippen LogP contribution < -0.4 is 16.8 Å². The zero-order chi connectivity index (χ0) is 18.5. The summed E-state index contributed by atoms with van der Waals surface area (Å²) in [6, 6.07) is 16.4. The van der Waals surface area contributed by atoms with Gasteiger partial charge in [-0.25, -0.2) is 0 Å². The van der Waals surface area contributed by atoms with Crippen molar-refractivity contribution < 1.29 is 4.79 Å². The highest BCUT2D eigenvalue weighted by Gasteiger charge is 2.11. The fourth-order valence-corrected chi connectivity index (χ4v) is 2.98. The molecule has 3 rings (SSSR count). The fraction of sp³-hybridized carbons (Fsp3) is 0.286. The number of benzene rings is 2. The summed E-state index contributed by atoms with van der Waals surface area (Å²) in [5.41, 5.74) is 16.5. The molecule has 1 aromatic heterocycles. The minimum atomic E-state index is -0.138. The maximum absolute atomic E-state index is 12.4. The Hall–Kier alpha value is -2.63. The van der Waals surface area contributed by atoms with Crippen LogP contribution in [0.25, 0.3) is 22.0 Å². The van der Waals surface area contributed by atoms with Gasteiger partial charge in [0.05, 0.1) is 0 Å². The molecule has 3 aromatic rings. The molecule has 6 N–H and O–H groups in total. The smallest absolute Gasteiger partial charge is 0.267 e. The van der Waals surface area contributed by atoms with Crippen LogP contribution in [0.4, 0.5) is 0 Å². The van der Waals surface area contributed by atoms with Crippen LogP contribution in [-0.4, -0.2) is 30.0 Å². The van der Waals surface area contributed by atoms with Gasteiger partial charge in [0, 0.05) is 23.5 Å². The Morgan fingerprint density at radius 2 is 1.85 bits per heavy atom. The summed E-state index contributed by atoms with van der Waals surface area (Å²) in [5.74, 6) is -0.138. The Bertz CT molecular complexity index is 883. The first-order chi connectivity index (χ1) is 12.6. The summed E-state index contributed by atoms with van der Waals surface area (Å²) < 4.78 is 0. The van der Waals surface area contributed by atoms with Gasteiger partial charge in [0.1, 0.15) is 5.69 Å². The molecule has 5 heteroatoms. The standard InChI is InChI=1S/C21H26N4O/c1-14-4-6-15(7-5-14)16-8-9-17-12-20(25-19(17)11-16)21(26)24-13-18(23)3-2-10-22/h4-9,11-12,18,25H,2-3,10,13,22-23H2,1H3,(H,24,26)/t18-/m1/s1. The number of H-pyrrole nitrogens is 1. The lowest BCUT2D eigenvalue weighted by Gasteiger charge is -2.11. The van der Waals surface area contributed by atoms with Crippen molar-refractivity contribution in [3.8, 4) is 11.1 Å². The molecular weight excluding hydrogens is 324 g/mol. The molecule has 0 bridgehead atoms. The normalized spacial score (nSPS) is 12.3. The zero-order valence-corrected chi connectivity index (χ0v) is 15.1. The van der Waals surface area contributed by atoms with Crippen LogP contribution in [0, 0.1) is 6.92 Å². The second-order valence-electron chi connectivity index (χ2n) is 6.75. The number of hydrogen-bond acceptors (Lipinski definition) is 3. The van der Waals surface area contributed by atoms with Gasteiger partial charge in [-0.1, -0.05) is 42.0 Å². The van der Waals surface area contributed by atoms with Crippen molar-refractivity contribution in [3.63, 3.8) is 0 Å². The highest BCUT2D eigenvalue weighted by molar-refractivity contribution is 5.98. The van der Waals surface area contributed by atoms with E-state index in [1.807, 2.05) is 12.1 Å². The van der Waals surface area contributed by atoms with Crippen molar-refractivity contribution in [2.75, 3.05) is 13.1 Å². The quantitative estimate of drug-likeness (QED) is 0.527. The Balaban J connectivity index is 1.72. The van der Waals surface area contributed by atoms with Gasteiger partial charge in [-0.05, 0) is 49.6 Å². The van der Waals surface area contributed by atoms with Crippen LogP contribution >= 0.6 is 0 Å². The third-order valence-electron chi connectivity index (χ3n) is 4.56. The molecule has 2 aromatic carbocycles. The third kappa shape index (κ3) is 4.31. The number of rotatable bonds is 7. The first-order valence-electron chi connectivity index (χ1n) is 9.00. The van der Waals surface area contributed by atoms with Crippen molar-refractivity contribution in [1.82, 2.24) is 10.3 Å². The molecule has 5 nitrogen and oxygen atoms in total. The van der Waals surface area contributed by atoms with E-state index in [4.69, 9.17) is 11.5 Å². The number of fused-ring (bicyclic) bond motifs is 1. The number of nitrogens with one attached hydrogen (secondary N) is 2. The van der Waals surface area contributed by atoms with Crippen molar-refractivity contribution in [1.29, 1.82) is 0 Å². The summed E-state index contributed by atoms with van der Waals surface area (Å²) in [6.45, 7) is 3.14. The molecular formula is C21H26N4O. The Labute approximate surface area is 153 Å². The van der Waals surface area contributed by atoms with Gasteiger partial charge in [0.25, 0.3) is 5.91 Å². The number of carbonyl (C=O) groups is 1. The first-order valence-corrected chi connectivity index (χ1v) is 9.00. The van der Waals surface area contributed by atoms with Crippen LogP contribution in [0.5, 0.6) is 0 Å². The molecule has 0 unspecified atom stereocenters. The Kier molecular flexibility index (Phi) is 5.71. The molecule has 1 atom stereocenters. The third-order valence-corrected chi connectivity index (χ3v) is 4.56. The lowest BCUT2D eigenvalue weighted by molar-refractivity contribution is 0.0946. The Morgan fingerprint density at radius 1 is 1.12 bits per heavy atom. The average Bonchev–Trinajstić information content (AvgIpc) is 3.08. The van der Waals surface area contributed by atoms with E-state index in [0.29, 0.717) is 18.8 Å². The van der Waals surface area contributed by atoms with Crippen LogP contribution in [0.2, 0.25) is 0 Å². The largest absolute Gasteiger partial charge is 0.351 e. The number of aromatic amines is 1.